The molecule has 1 unspecified atom stereocenters. The molecule has 0 aliphatic rings. The smallest absolute Gasteiger partial charge is 0.125 e. The minimum absolute atomic E-state index is 0.0905. The van der Waals surface area contributed by atoms with Crippen molar-refractivity contribution in [1.82, 2.24) is 9.78 Å². The van der Waals surface area contributed by atoms with Gasteiger partial charge in [0.15, 0.2) is 0 Å². The maximum Gasteiger partial charge on any atom is 0.125 e. The van der Waals surface area contributed by atoms with Crippen molar-refractivity contribution in [3.05, 3.63) is 65.8 Å². The first-order valence-electron chi connectivity index (χ1n) is 6.87. The van der Waals surface area contributed by atoms with E-state index in [4.69, 9.17) is 16.0 Å². The van der Waals surface area contributed by atoms with Crippen molar-refractivity contribution in [3.8, 4) is 5.69 Å². The summed E-state index contributed by atoms with van der Waals surface area (Å²) >= 11 is 6.14. The lowest BCUT2D eigenvalue weighted by molar-refractivity contribution is 0.474. The summed E-state index contributed by atoms with van der Waals surface area (Å²) in [7, 11) is 0. The second kappa shape index (κ2) is 6.06. The molecule has 0 saturated heterocycles. The van der Waals surface area contributed by atoms with Gasteiger partial charge < -0.3 is 9.73 Å². The molecule has 2 heterocycles. The Morgan fingerprint density at radius 1 is 1.33 bits per heavy atom. The summed E-state index contributed by atoms with van der Waals surface area (Å²) in [4.78, 5) is 0. The van der Waals surface area contributed by atoms with Crippen LogP contribution in [-0.2, 0) is 0 Å². The monoisotopic (exact) mass is 301 g/mol. The van der Waals surface area contributed by atoms with Gasteiger partial charge in [-0.25, -0.2) is 4.68 Å². The van der Waals surface area contributed by atoms with E-state index >= 15 is 0 Å². The SMILES string of the molecule is CCC(Nc1cc(Cl)ccc1-n1cccn1)c1ccco1. The molecule has 0 bridgehead atoms. The normalized spacial score (nSPS) is 12.3. The van der Waals surface area contributed by atoms with E-state index < -0.39 is 0 Å². The van der Waals surface area contributed by atoms with Crippen LogP contribution < -0.4 is 5.32 Å². The first-order valence-corrected chi connectivity index (χ1v) is 7.25. The molecule has 108 valence electrons. The highest BCUT2D eigenvalue weighted by atomic mass is 35.5. The highest BCUT2D eigenvalue weighted by Gasteiger charge is 2.15. The van der Waals surface area contributed by atoms with Crippen molar-refractivity contribution in [2.75, 3.05) is 5.32 Å². The van der Waals surface area contributed by atoms with Crippen molar-refractivity contribution >= 4 is 17.3 Å². The Morgan fingerprint density at radius 3 is 2.90 bits per heavy atom. The number of nitrogens with zero attached hydrogens (tertiary/aromatic N) is 2. The van der Waals surface area contributed by atoms with E-state index in [9.17, 15) is 0 Å². The number of furan rings is 1. The van der Waals surface area contributed by atoms with Crippen molar-refractivity contribution in [2.45, 2.75) is 19.4 Å². The van der Waals surface area contributed by atoms with Gasteiger partial charge in [-0.05, 0) is 42.8 Å². The molecule has 0 aliphatic carbocycles. The van der Waals surface area contributed by atoms with Crippen LogP contribution >= 0.6 is 11.6 Å². The van der Waals surface area contributed by atoms with Crippen LogP contribution in [0.3, 0.4) is 0 Å². The molecule has 1 N–H and O–H groups in total. The molecule has 0 spiro atoms. The standard InChI is InChI=1S/C16H16ClN3O/c1-2-13(16-5-3-10-21-16)19-14-11-12(17)6-7-15(14)20-9-4-8-18-20/h3-11,13,19H,2H2,1H3. The quantitative estimate of drug-likeness (QED) is 0.744. The number of hydrogen-bond acceptors (Lipinski definition) is 3. The molecule has 0 fully saturated rings. The van der Waals surface area contributed by atoms with Gasteiger partial charge in [-0.1, -0.05) is 18.5 Å². The Balaban J connectivity index is 1.96. The van der Waals surface area contributed by atoms with E-state index in [1.54, 1.807) is 12.5 Å². The van der Waals surface area contributed by atoms with Crippen LogP contribution in [0.25, 0.3) is 5.69 Å². The van der Waals surface area contributed by atoms with E-state index in [2.05, 4.69) is 17.3 Å². The first kappa shape index (κ1) is 13.8. The molecule has 2 aromatic heterocycles. The minimum Gasteiger partial charge on any atom is -0.467 e. The highest BCUT2D eigenvalue weighted by molar-refractivity contribution is 6.31. The maximum atomic E-state index is 6.14. The molecule has 0 radical (unpaired) electrons. The number of hydrogen-bond donors (Lipinski definition) is 1. The van der Waals surface area contributed by atoms with Crippen molar-refractivity contribution in [1.29, 1.82) is 0 Å². The van der Waals surface area contributed by atoms with E-state index in [0.717, 1.165) is 23.6 Å². The molecule has 4 nitrogen and oxygen atoms in total. The third kappa shape index (κ3) is 2.95. The molecule has 1 aromatic carbocycles. The molecule has 3 aromatic rings. The van der Waals surface area contributed by atoms with E-state index in [0.29, 0.717) is 5.02 Å². The molecular weight excluding hydrogens is 286 g/mol. The van der Waals surface area contributed by atoms with Crippen LogP contribution in [0.2, 0.25) is 5.02 Å². The van der Waals surface area contributed by atoms with Gasteiger partial charge in [0.2, 0.25) is 0 Å². The average molecular weight is 302 g/mol. The van der Waals surface area contributed by atoms with E-state index in [1.807, 2.05) is 47.3 Å². The first-order chi connectivity index (χ1) is 10.3. The minimum atomic E-state index is 0.0905. The Kier molecular flexibility index (Phi) is 3.97. The lowest BCUT2D eigenvalue weighted by atomic mass is 10.1. The fourth-order valence-corrected chi connectivity index (χ4v) is 2.46. The Hall–Kier alpha value is -2.20. The number of aromatic nitrogens is 2. The summed E-state index contributed by atoms with van der Waals surface area (Å²) in [5.41, 5.74) is 1.88. The fraction of sp³-hybridized carbons (Fsp3) is 0.188. The number of benzene rings is 1. The van der Waals surface area contributed by atoms with Gasteiger partial charge in [-0.3, -0.25) is 0 Å². The molecule has 3 rings (SSSR count). The summed E-state index contributed by atoms with van der Waals surface area (Å²) < 4.78 is 7.31. The molecular formula is C16H16ClN3O. The predicted molar refractivity (Wildman–Crippen MR) is 83.9 cm³/mol. The van der Waals surface area contributed by atoms with Gasteiger partial charge in [0, 0.05) is 17.4 Å². The van der Waals surface area contributed by atoms with Gasteiger partial charge in [-0.2, -0.15) is 5.10 Å². The fourth-order valence-electron chi connectivity index (χ4n) is 2.29. The molecule has 0 aliphatic heterocycles. The number of rotatable bonds is 5. The Bertz CT molecular complexity index is 692. The number of nitrogens with one attached hydrogen (secondary N) is 1. The summed E-state index contributed by atoms with van der Waals surface area (Å²) in [6, 6.07) is 11.6. The predicted octanol–water partition coefficient (Wildman–Crippen LogP) is 4.68. The second-order valence-corrected chi connectivity index (χ2v) is 5.17. The number of halogens is 1. The zero-order chi connectivity index (χ0) is 14.7. The van der Waals surface area contributed by atoms with Gasteiger partial charge >= 0.3 is 0 Å². The van der Waals surface area contributed by atoms with Crippen LogP contribution in [0.15, 0.2) is 59.5 Å². The molecule has 0 amide bonds. The van der Waals surface area contributed by atoms with Crippen molar-refractivity contribution in [3.63, 3.8) is 0 Å². The van der Waals surface area contributed by atoms with Gasteiger partial charge in [0.05, 0.1) is 23.7 Å². The summed E-state index contributed by atoms with van der Waals surface area (Å²) in [6.07, 6.45) is 6.25. The lowest BCUT2D eigenvalue weighted by Gasteiger charge is -2.19. The Labute approximate surface area is 128 Å². The zero-order valence-corrected chi connectivity index (χ0v) is 12.4. The topological polar surface area (TPSA) is 43.0 Å². The lowest BCUT2D eigenvalue weighted by Crippen LogP contribution is -2.11. The second-order valence-electron chi connectivity index (χ2n) is 4.73. The summed E-state index contributed by atoms with van der Waals surface area (Å²) in [5.74, 6) is 0.906. The van der Waals surface area contributed by atoms with Crippen LogP contribution in [0.4, 0.5) is 5.69 Å². The number of anilines is 1. The largest absolute Gasteiger partial charge is 0.467 e. The maximum absolute atomic E-state index is 6.14. The van der Waals surface area contributed by atoms with Crippen LogP contribution in [-0.4, -0.2) is 9.78 Å². The van der Waals surface area contributed by atoms with Gasteiger partial charge in [-0.15, -0.1) is 0 Å². The third-order valence-electron chi connectivity index (χ3n) is 3.33. The van der Waals surface area contributed by atoms with Crippen LogP contribution in [0.5, 0.6) is 0 Å². The van der Waals surface area contributed by atoms with Gasteiger partial charge in [0.1, 0.15) is 5.76 Å². The Morgan fingerprint density at radius 2 is 2.24 bits per heavy atom. The van der Waals surface area contributed by atoms with E-state index in [1.165, 1.54) is 0 Å². The average Bonchev–Trinajstić information content (AvgIpc) is 3.18. The summed E-state index contributed by atoms with van der Waals surface area (Å²) in [6.45, 7) is 2.11. The van der Waals surface area contributed by atoms with Crippen LogP contribution in [0.1, 0.15) is 25.1 Å². The molecule has 1 atom stereocenters. The highest BCUT2D eigenvalue weighted by Crippen LogP contribution is 2.29. The van der Waals surface area contributed by atoms with Crippen LogP contribution in [0, 0.1) is 0 Å². The zero-order valence-electron chi connectivity index (χ0n) is 11.7. The van der Waals surface area contributed by atoms with Crippen molar-refractivity contribution < 1.29 is 4.42 Å². The van der Waals surface area contributed by atoms with E-state index in [-0.39, 0.29) is 6.04 Å². The molecule has 5 heteroatoms. The molecule has 21 heavy (non-hydrogen) atoms. The van der Waals surface area contributed by atoms with Gasteiger partial charge in [0.25, 0.3) is 0 Å². The molecule has 0 saturated carbocycles. The summed E-state index contributed by atoms with van der Waals surface area (Å²) in [5, 5.41) is 8.46. The third-order valence-corrected chi connectivity index (χ3v) is 3.57. The van der Waals surface area contributed by atoms with Crippen molar-refractivity contribution in [2.24, 2.45) is 0 Å².